The molecule has 0 atom stereocenters. The molecule has 1 heterocycles. The van der Waals surface area contributed by atoms with Crippen molar-refractivity contribution in [3.63, 3.8) is 0 Å². The standard InChI is InChI=1S/C28H33ClN4O2S/c1-20-16-21(19-36(34,35)27-7-5-4-6-26(27)29)8-10-23(20)11-9-22-17-30-28(31-18-22)32-24-12-14-25(15-13-24)33(2)3/h4-11,16-18,24-25H,12-15,19H2,1-3H3,(H,30,31,32)/b11-9+. The van der Waals surface area contributed by atoms with Gasteiger partial charge in [0.2, 0.25) is 5.95 Å². The van der Waals surface area contributed by atoms with Crippen molar-refractivity contribution >= 4 is 39.5 Å². The molecule has 1 N–H and O–H groups in total. The number of rotatable bonds is 8. The van der Waals surface area contributed by atoms with Crippen molar-refractivity contribution in [2.45, 2.75) is 55.3 Å². The fourth-order valence-electron chi connectivity index (χ4n) is 4.61. The van der Waals surface area contributed by atoms with Gasteiger partial charge in [-0.25, -0.2) is 18.4 Å². The molecule has 0 spiro atoms. The van der Waals surface area contributed by atoms with Crippen molar-refractivity contribution in [2.75, 3.05) is 19.4 Å². The van der Waals surface area contributed by atoms with E-state index in [2.05, 4.69) is 34.3 Å². The molecule has 6 nitrogen and oxygen atoms in total. The van der Waals surface area contributed by atoms with E-state index in [1.54, 1.807) is 24.3 Å². The van der Waals surface area contributed by atoms with Crippen LogP contribution in [-0.4, -0.2) is 49.5 Å². The number of aryl methyl sites for hydroxylation is 1. The third-order valence-electron chi connectivity index (χ3n) is 6.75. The van der Waals surface area contributed by atoms with Gasteiger partial charge < -0.3 is 10.2 Å². The van der Waals surface area contributed by atoms with E-state index >= 15 is 0 Å². The highest BCUT2D eigenvalue weighted by molar-refractivity contribution is 7.90. The number of anilines is 1. The Morgan fingerprint density at radius 3 is 2.36 bits per heavy atom. The van der Waals surface area contributed by atoms with Crippen LogP contribution in [0.2, 0.25) is 5.02 Å². The van der Waals surface area contributed by atoms with E-state index in [1.165, 1.54) is 12.8 Å². The molecule has 190 valence electrons. The smallest absolute Gasteiger partial charge is 0.222 e. The van der Waals surface area contributed by atoms with Crippen LogP contribution in [0, 0.1) is 6.92 Å². The van der Waals surface area contributed by atoms with Crippen LogP contribution in [0.15, 0.2) is 59.8 Å². The second kappa shape index (κ2) is 11.5. The Morgan fingerprint density at radius 2 is 1.72 bits per heavy atom. The summed E-state index contributed by atoms with van der Waals surface area (Å²) in [5.41, 5.74) is 3.63. The fraction of sp³-hybridized carbons (Fsp3) is 0.357. The van der Waals surface area contributed by atoms with E-state index in [9.17, 15) is 8.42 Å². The predicted octanol–water partition coefficient (Wildman–Crippen LogP) is 5.87. The molecule has 1 saturated carbocycles. The number of benzene rings is 2. The number of hydrogen-bond donors (Lipinski definition) is 1. The third kappa shape index (κ3) is 6.72. The molecule has 0 radical (unpaired) electrons. The van der Waals surface area contributed by atoms with Gasteiger partial charge in [0.05, 0.1) is 15.7 Å². The minimum atomic E-state index is -3.53. The summed E-state index contributed by atoms with van der Waals surface area (Å²) >= 11 is 6.10. The van der Waals surface area contributed by atoms with Gasteiger partial charge in [0.1, 0.15) is 0 Å². The van der Waals surface area contributed by atoms with Gasteiger partial charge in [-0.2, -0.15) is 0 Å². The summed E-state index contributed by atoms with van der Waals surface area (Å²) in [7, 11) is 0.773. The maximum atomic E-state index is 12.8. The van der Waals surface area contributed by atoms with Gasteiger partial charge in [0.25, 0.3) is 0 Å². The number of halogens is 1. The molecule has 36 heavy (non-hydrogen) atoms. The van der Waals surface area contributed by atoms with E-state index < -0.39 is 9.84 Å². The summed E-state index contributed by atoms with van der Waals surface area (Å²) < 4.78 is 25.6. The first-order valence-electron chi connectivity index (χ1n) is 12.2. The van der Waals surface area contributed by atoms with E-state index in [0.717, 1.165) is 35.1 Å². The number of nitrogens with one attached hydrogen (secondary N) is 1. The van der Waals surface area contributed by atoms with Crippen LogP contribution in [-0.2, 0) is 15.6 Å². The molecule has 0 saturated heterocycles. The Kier molecular flexibility index (Phi) is 8.44. The quantitative estimate of drug-likeness (QED) is 0.397. The van der Waals surface area contributed by atoms with Crippen LogP contribution < -0.4 is 5.32 Å². The van der Waals surface area contributed by atoms with Gasteiger partial charge in [0.15, 0.2) is 9.84 Å². The average molecular weight is 525 g/mol. The molecule has 0 bridgehead atoms. The molecule has 1 aliphatic rings. The molecule has 8 heteroatoms. The molecule has 1 aliphatic carbocycles. The molecular weight excluding hydrogens is 492 g/mol. The third-order valence-corrected chi connectivity index (χ3v) is 8.93. The average Bonchev–Trinajstić information content (AvgIpc) is 2.85. The maximum absolute atomic E-state index is 12.8. The summed E-state index contributed by atoms with van der Waals surface area (Å²) in [6.07, 6.45) is 12.2. The monoisotopic (exact) mass is 524 g/mol. The van der Waals surface area contributed by atoms with Gasteiger partial charge in [-0.3, -0.25) is 0 Å². The highest BCUT2D eigenvalue weighted by atomic mass is 35.5. The first kappa shape index (κ1) is 26.3. The minimum Gasteiger partial charge on any atom is -0.351 e. The first-order valence-corrected chi connectivity index (χ1v) is 14.2. The number of nitrogens with zero attached hydrogens (tertiary/aromatic N) is 3. The number of hydrogen-bond acceptors (Lipinski definition) is 6. The summed E-state index contributed by atoms with van der Waals surface area (Å²) in [4.78, 5) is 11.5. The molecule has 4 rings (SSSR count). The van der Waals surface area contributed by atoms with Gasteiger partial charge in [-0.05, 0) is 75.5 Å². The van der Waals surface area contributed by atoms with Crippen molar-refractivity contribution in [1.82, 2.24) is 14.9 Å². The molecule has 1 aromatic heterocycles. The van der Waals surface area contributed by atoms with Crippen LogP contribution in [0.4, 0.5) is 5.95 Å². The van der Waals surface area contributed by atoms with Crippen LogP contribution >= 0.6 is 11.6 Å². The largest absolute Gasteiger partial charge is 0.351 e. The minimum absolute atomic E-state index is 0.0966. The zero-order valence-electron chi connectivity index (χ0n) is 21.0. The molecule has 0 aliphatic heterocycles. The van der Waals surface area contributed by atoms with Crippen LogP contribution in [0.5, 0.6) is 0 Å². The SMILES string of the molecule is Cc1cc(CS(=O)(=O)c2ccccc2Cl)ccc1/C=C/c1cnc(NC2CCC(N(C)C)CC2)nc1. The van der Waals surface area contributed by atoms with Crippen LogP contribution in [0.25, 0.3) is 12.2 Å². The zero-order chi connectivity index (χ0) is 25.7. The lowest BCUT2D eigenvalue weighted by Crippen LogP contribution is -2.36. The summed E-state index contributed by atoms with van der Waals surface area (Å²) in [6.45, 7) is 1.97. The van der Waals surface area contributed by atoms with Crippen molar-refractivity contribution in [1.29, 1.82) is 0 Å². The predicted molar refractivity (Wildman–Crippen MR) is 148 cm³/mol. The van der Waals surface area contributed by atoms with Crippen molar-refractivity contribution in [3.8, 4) is 0 Å². The zero-order valence-corrected chi connectivity index (χ0v) is 22.6. The molecule has 0 unspecified atom stereocenters. The van der Waals surface area contributed by atoms with Gasteiger partial charge in [-0.15, -0.1) is 0 Å². The molecule has 2 aromatic carbocycles. The van der Waals surface area contributed by atoms with Crippen molar-refractivity contribution < 1.29 is 8.42 Å². The normalized spacial score (nSPS) is 18.6. The van der Waals surface area contributed by atoms with Gasteiger partial charge in [-0.1, -0.05) is 54.1 Å². The van der Waals surface area contributed by atoms with Gasteiger partial charge >= 0.3 is 0 Å². The highest BCUT2D eigenvalue weighted by Gasteiger charge is 2.22. The van der Waals surface area contributed by atoms with E-state index in [1.807, 2.05) is 49.7 Å². The van der Waals surface area contributed by atoms with Crippen LogP contribution in [0.3, 0.4) is 0 Å². The Labute approximate surface area is 219 Å². The number of sulfone groups is 1. The number of aromatic nitrogens is 2. The van der Waals surface area contributed by atoms with E-state index in [-0.39, 0.29) is 15.7 Å². The first-order chi connectivity index (χ1) is 17.2. The Hall–Kier alpha value is -2.74. The lowest BCUT2D eigenvalue weighted by Gasteiger charge is -2.32. The lowest BCUT2D eigenvalue weighted by atomic mass is 9.91. The van der Waals surface area contributed by atoms with Crippen LogP contribution in [0.1, 0.15) is 47.9 Å². The summed E-state index contributed by atoms with van der Waals surface area (Å²) in [5, 5.41) is 3.71. The molecular formula is C28H33ClN4O2S. The second-order valence-corrected chi connectivity index (χ2v) is 12.0. The van der Waals surface area contributed by atoms with Crippen molar-refractivity contribution in [2.24, 2.45) is 0 Å². The Morgan fingerprint density at radius 1 is 1.03 bits per heavy atom. The van der Waals surface area contributed by atoms with Crippen molar-refractivity contribution in [3.05, 3.63) is 82.1 Å². The van der Waals surface area contributed by atoms with E-state index in [4.69, 9.17) is 11.6 Å². The second-order valence-electron chi connectivity index (χ2n) is 9.67. The van der Waals surface area contributed by atoms with Gasteiger partial charge in [0, 0.05) is 30.0 Å². The highest BCUT2D eigenvalue weighted by Crippen LogP contribution is 2.26. The summed E-state index contributed by atoms with van der Waals surface area (Å²) in [5.74, 6) is 0.571. The molecule has 3 aromatic rings. The Balaban J connectivity index is 1.36. The Bertz CT molecular complexity index is 1320. The topological polar surface area (TPSA) is 75.2 Å². The summed E-state index contributed by atoms with van der Waals surface area (Å²) in [6, 6.07) is 13.3. The molecule has 0 amide bonds. The fourth-order valence-corrected chi connectivity index (χ4v) is 6.53. The lowest BCUT2D eigenvalue weighted by molar-refractivity contribution is 0.221. The van der Waals surface area contributed by atoms with E-state index in [0.29, 0.717) is 18.0 Å². The maximum Gasteiger partial charge on any atom is 0.222 e. The molecule has 1 fully saturated rings.